The van der Waals surface area contributed by atoms with Crippen LogP contribution < -0.4 is 10.1 Å². The van der Waals surface area contributed by atoms with E-state index in [1.165, 1.54) is 25.3 Å². The molecule has 6 nitrogen and oxygen atoms in total. The number of ether oxygens (including phenoxy) is 1. The minimum absolute atomic E-state index is 0.0253. The number of aromatic carboxylic acids is 1. The van der Waals surface area contributed by atoms with Gasteiger partial charge in [0, 0.05) is 18.0 Å². The van der Waals surface area contributed by atoms with Crippen LogP contribution in [0.3, 0.4) is 0 Å². The van der Waals surface area contributed by atoms with Crippen LogP contribution in [0.15, 0.2) is 42.5 Å². The zero-order chi connectivity index (χ0) is 19.6. The molecule has 3 rings (SSSR count). The van der Waals surface area contributed by atoms with E-state index in [0.29, 0.717) is 16.7 Å². The van der Waals surface area contributed by atoms with Gasteiger partial charge < -0.3 is 15.2 Å². The number of aromatic nitrogens is 2. The highest BCUT2D eigenvalue weighted by Gasteiger charge is 2.35. The number of hydrogen-bond acceptors (Lipinski definition) is 5. The molecule has 0 radical (unpaired) electrons. The summed E-state index contributed by atoms with van der Waals surface area (Å²) in [6.07, 6.45) is -4.70. The molecule has 0 aliphatic heterocycles. The third-order valence-electron chi connectivity index (χ3n) is 3.82. The van der Waals surface area contributed by atoms with Crippen LogP contribution in [0.4, 0.5) is 19.0 Å². The summed E-state index contributed by atoms with van der Waals surface area (Å²) in [5.74, 6) is -1.91. The van der Waals surface area contributed by atoms with Gasteiger partial charge >= 0.3 is 12.1 Å². The Bertz CT molecular complexity index is 989. The molecule has 0 saturated carbocycles. The fraction of sp³-hybridized carbons (Fsp3) is 0.167. The Hall–Kier alpha value is -3.36. The van der Waals surface area contributed by atoms with E-state index >= 15 is 0 Å². The Balaban J connectivity index is 1.95. The molecule has 0 atom stereocenters. The van der Waals surface area contributed by atoms with Crippen molar-refractivity contribution in [2.24, 2.45) is 0 Å². The second-order valence-electron chi connectivity index (χ2n) is 5.63. The maximum Gasteiger partial charge on any atom is 0.451 e. The summed E-state index contributed by atoms with van der Waals surface area (Å²) in [5.41, 5.74) is 0.909. The molecule has 2 N–H and O–H groups in total. The molecule has 0 fully saturated rings. The summed E-state index contributed by atoms with van der Waals surface area (Å²) in [7, 11) is 1.41. The number of benzene rings is 2. The Morgan fingerprint density at radius 3 is 2.44 bits per heavy atom. The van der Waals surface area contributed by atoms with E-state index in [1.807, 2.05) is 0 Å². The average molecular weight is 377 g/mol. The number of carboxylic acid groups (broad SMARTS) is 1. The lowest BCUT2D eigenvalue weighted by Crippen LogP contribution is -2.13. The maximum absolute atomic E-state index is 13.1. The van der Waals surface area contributed by atoms with E-state index in [1.54, 1.807) is 24.3 Å². The molecule has 0 spiro atoms. The van der Waals surface area contributed by atoms with Crippen molar-refractivity contribution < 1.29 is 27.8 Å². The van der Waals surface area contributed by atoms with E-state index < -0.39 is 18.0 Å². The lowest BCUT2D eigenvalue weighted by Gasteiger charge is -2.13. The first-order valence-electron chi connectivity index (χ1n) is 7.77. The lowest BCUT2D eigenvalue weighted by molar-refractivity contribution is -0.144. The van der Waals surface area contributed by atoms with E-state index in [0.717, 1.165) is 0 Å². The van der Waals surface area contributed by atoms with Crippen molar-refractivity contribution in [1.82, 2.24) is 9.97 Å². The van der Waals surface area contributed by atoms with Gasteiger partial charge in [0.2, 0.25) is 5.82 Å². The van der Waals surface area contributed by atoms with Gasteiger partial charge in [-0.15, -0.1) is 0 Å². The highest BCUT2D eigenvalue weighted by atomic mass is 19.4. The first kappa shape index (κ1) is 18.4. The second kappa shape index (κ2) is 7.10. The van der Waals surface area contributed by atoms with Gasteiger partial charge in [-0.05, 0) is 29.8 Å². The number of alkyl halides is 3. The standard InChI is InChI=1S/C18H14F3N3O3/c1-27-12-6-7-13-14(8-12)23-17(18(19,20)21)24-15(13)22-9-10-2-4-11(5-3-10)16(25)26/h2-8H,9H2,1H3,(H,25,26)(H,22,23,24). The Labute approximate surface area is 151 Å². The monoisotopic (exact) mass is 377 g/mol. The van der Waals surface area contributed by atoms with Crippen LogP contribution >= 0.6 is 0 Å². The summed E-state index contributed by atoms with van der Waals surface area (Å²) >= 11 is 0. The van der Waals surface area contributed by atoms with Crippen LogP contribution in [0.5, 0.6) is 5.75 Å². The molecule has 27 heavy (non-hydrogen) atoms. The van der Waals surface area contributed by atoms with Gasteiger partial charge in [-0.25, -0.2) is 14.8 Å². The fourth-order valence-corrected chi connectivity index (χ4v) is 2.45. The summed E-state index contributed by atoms with van der Waals surface area (Å²) in [6, 6.07) is 10.6. The van der Waals surface area contributed by atoms with Crippen LogP contribution in [-0.2, 0) is 12.7 Å². The lowest BCUT2D eigenvalue weighted by atomic mass is 10.1. The van der Waals surface area contributed by atoms with Gasteiger partial charge in [-0.2, -0.15) is 13.2 Å². The van der Waals surface area contributed by atoms with Crippen molar-refractivity contribution in [3.63, 3.8) is 0 Å². The number of nitrogens with zero attached hydrogens (tertiary/aromatic N) is 2. The van der Waals surface area contributed by atoms with Crippen molar-refractivity contribution in [1.29, 1.82) is 0 Å². The topological polar surface area (TPSA) is 84.3 Å². The van der Waals surface area contributed by atoms with Crippen LogP contribution in [0.1, 0.15) is 21.7 Å². The van der Waals surface area contributed by atoms with Crippen molar-refractivity contribution >= 4 is 22.7 Å². The van der Waals surface area contributed by atoms with E-state index in [2.05, 4.69) is 15.3 Å². The minimum Gasteiger partial charge on any atom is -0.497 e. The second-order valence-corrected chi connectivity index (χ2v) is 5.63. The van der Waals surface area contributed by atoms with Crippen molar-refractivity contribution in [2.45, 2.75) is 12.7 Å². The molecule has 2 aromatic carbocycles. The number of anilines is 1. The average Bonchev–Trinajstić information content (AvgIpc) is 2.64. The van der Waals surface area contributed by atoms with Gasteiger partial charge in [0.1, 0.15) is 11.6 Å². The predicted octanol–water partition coefficient (Wildman–Crippen LogP) is 3.97. The maximum atomic E-state index is 13.1. The van der Waals surface area contributed by atoms with E-state index in [4.69, 9.17) is 9.84 Å². The van der Waals surface area contributed by atoms with Crippen molar-refractivity contribution in [2.75, 3.05) is 12.4 Å². The molecule has 0 bridgehead atoms. The molecule has 0 amide bonds. The summed E-state index contributed by atoms with van der Waals surface area (Å²) in [4.78, 5) is 18.1. The largest absolute Gasteiger partial charge is 0.497 e. The number of carboxylic acids is 1. The molecule has 0 saturated heterocycles. The minimum atomic E-state index is -4.70. The quantitative estimate of drug-likeness (QED) is 0.700. The van der Waals surface area contributed by atoms with E-state index in [-0.39, 0.29) is 23.4 Å². The molecular formula is C18H14F3N3O3. The zero-order valence-corrected chi connectivity index (χ0v) is 14.0. The normalized spacial score (nSPS) is 11.4. The Morgan fingerprint density at radius 2 is 1.85 bits per heavy atom. The molecular weight excluding hydrogens is 363 g/mol. The van der Waals surface area contributed by atoms with Crippen LogP contribution in [0.25, 0.3) is 10.9 Å². The summed E-state index contributed by atoms with van der Waals surface area (Å²) in [6.45, 7) is 0.162. The van der Waals surface area contributed by atoms with Crippen LogP contribution in [0.2, 0.25) is 0 Å². The van der Waals surface area contributed by atoms with E-state index in [9.17, 15) is 18.0 Å². The molecule has 1 aromatic heterocycles. The van der Waals surface area contributed by atoms with Crippen molar-refractivity contribution in [3.05, 3.63) is 59.4 Å². The smallest absolute Gasteiger partial charge is 0.451 e. The SMILES string of the molecule is COc1ccc2c(NCc3ccc(C(=O)O)cc3)nc(C(F)(F)F)nc2c1. The highest BCUT2D eigenvalue weighted by Crippen LogP contribution is 2.31. The number of halogens is 3. The van der Waals surface area contributed by atoms with Gasteiger partial charge in [-0.3, -0.25) is 0 Å². The molecule has 9 heteroatoms. The van der Waals surface area contributed by atoms with Crippen LogP contribution in [-0.4, -0.2) is 28.2 Å². The molecule has 140 valence electrons. The molecule has 0 unspecified atom stereocenters. The molecule has 3 aromatic rings. The number of rotatable bonds is 5. The predicted molar refractivity (Wildman–Crippen MR) is 91.8 cm³/mol. The van der Waals surface area contributed by atoms with Gasteiger partial charge in [0.25, 0.3) is 0 Å². The molecule has 1 heterocycles. The zero-order valence-electron chi connectivity index (χ0n) is 14.0. The fourth-order valence-electron chi connectivity index (χ4n) is 2.45. The van der Waals surface area contributed by atoms with Gasteiger partial charge in [0.15, 0.2) is 0 Å². The Kier molecular flexibility index (Phi) is 4.85. The first-order valence-corrected chi connectivity index (χ1v) is 7.77. The number of carbonyl (C=O) groups is 1. The third kappa shape index (κ3) is 4.08. The van der Waals surface area contributed by atoms with Gasteiger partial charge in [-0.1, -0.05) is 12.1 Å². The number of nitrogens with one attached hydrogen (secondary N) is 1. The number of fused-ring (bicyclic) bond motifs is 1. The number of methoxy groups -OCH3 is 1. The summed E-state index contributed by atoms with van der Waals surface area (Å²) < 4.78 is 44.4. The highest BCUT2D eigenvalue weighted by molar-refractivity contribution is 5.90. The third-order valence-corrected chi connectivity index (χ3v) is 3.82. The summed E-state index contributed by atoms with van der Waals surface area (Å²) in [5, 5.41) is 12.2. The van der Waals surface area contributed by atoms with Crippen molar-refractivity contribution in [3.8, 4) is 5.75 Å². The Morgan fingerprint density at radius 1 is 1.15 bits per heavy atom. The molecule has 0 aliphatic rings. The molecule has 0 aliphatic carbocycles. The first-order chi connectivity index (χ1) is 12.8. The van der Waals surface area contributed by atoms with Crippen LogP contribution in [0, 0.1) is 0 Å². The number of hydrogen-bond donors (Lipinski definition) is 2. The van der Waals surface area contributed by atoms with Gasteiger partial charge in [0.05, 0.1) is 18.2 Å².